The Hall–Kier alpha value is -1.09. The number of anilines is 1. The third-order valence-corrected chi connectivity index (χ3v) is 3.99. The molecule has 94 valence electrons. The molecule has 1 heterocycles. The maximum absolute atomic E-state index is 5.98. The third-order valence-electron chi connectivity index (χ3n) is 3.99. The lowest BCUT2D eigenvalue weighted by atomic mass is 9.89. The summed E-state index contributed by atoms with van der Waals surface area (Å²) in [6.07, 6.45) is 5.44. The Labute approximate surface area is 104 Å². The van der Waals surface area contributed by atoms with Crippen LogP contribution in [0.25, 0.3) is 0 Å². The Morgan fingerprint density at radius 1 is 1.47 bits per heavy atom. The zero-order valence-electron chi connectivity index (χ0n) is 10.8. The number of nitrogens with zero attached hydrogens (tertiary/aromatic N) is 1. The summed E-state index contributed by atoms with van der Waals surface area (Å²) in [4.78, 5) is 4.20. The molecule has 1 aliphatic carbocycles. The lowest BCUT2D eigenvalue weighted by Crippen LogP contribution is -2.32. The first-order valence-corrected chi connectivity index (χ1v) is 6.67. The van der Waals surface area contributed by atoms with E-state index in [2.05, 4.69) is 30.2 Å². The second-order valence-corrected chi connectivity index (χ2v) is 5.08. The van der Waals surface area contributed by atoms with Gasteiger partial charge in [0.25, 0.3) is 0 Å². The van der Waals surface area contributed by atoms with Gasteiger partial charge in [0.2, 0.25) is 0 Å². The molecule has 1 saturated carbocycles. The van der Waals surface area contributed by atoms with Gasteiger partial charge < -0.3 is 11.1 Å². The van der Waals surface area contributed by atoms with E-state index in [0.717, 1.165) is 6.54 Å². The average Bonchev–Trinajstić information content (AvgIpc) is 2.69. The molecule has 0 amide bonds. The fourth-order valence-corrected chi connectivity index (χ4v) is 2.97. The molecule has 3 unspecified atom stereocenters. The fourth-order valence-electron chi connectivity index (χ4n) is 2.97. The van der Waals surface area contributed by atoms with Crippen LogP contribution >= 0.6 is 0 Å². The molecule has 3 nitrogen and oxygen atoms in total. The summed E-state index contributed by atoms with van der Waals surface area (Å²) in [5.41, 5.74) is 7.21. The lowest BCUT2D eigenvalue weighted by molar-refractivity contribution is 0.405. The van der Waals surface area contributed by atoms with Crippen molar-refractivity contribution in [3.05, 3.63) is 23.9 Å². The SMILES string of the molecule is CCCNC1CCC(c2cccnc2N)C1C. The molecule has 3 heteroatoms. The monoisotopic (exact) mass is 233 g/mol. The smallest absolute Gasteiger partial charge is 0.126 e. The van der Waals surface area contributed by atoms with Crippen LogP contribution in [0.4, 0.5) is 5.82 Å². The van der Waals surface area contributed by atoms with E-state index in [-0.39, 0.29) is 0 Å². The van der Waals surface area contributed by atoms with E-state index in [1.165, 1.54) is 24.8 Å². The van der Waals surface area contributed by atoms with Crippen LogP contribution in [0, 0.1) is 5.92 Å². The molecule has 1 fully saturated rings. The fraction of sp³-hybridized carbons (Fsp3) is 0.643. The zero-order valence-corrected chi connectivity index (χ0v) is 10.8. The van der Waals surface area contributed by atoms with Crippen LogP contribution < -0.4 is 11.1 Å². The average molecular weight is 233 g/mol. The highest BCUT2D eigenvalue weighted by Gasteiger charge is 2.34. The number of pyridine rings is 1. The van der Waals surface area contributed by atoms with Crippen LogP contribution in [0.2, 0.25) is 0 Å². The van der Waals surface area contributed by atoms with Crippen molar-refractivity contribution in [1.29, 1.82) is 0 Å². The molecule has 1 aliphatic rings. The molecule has 0 bridgehead atoms. The van der Waals surface area contributed by atoms with Crippen LogP contribution in [0.3, 0.4) is 0 Å². The molecule has 1 aromatic heterocycles. The van der Waals surface area contributed by atoms with E-state index in [1.54, 1.807) is 6.20 Å². The molecular formula is C14H23N3. The predicted octanol–water partition coefficient (Wildman–Crippen LogP) is 2.55. The summed E-state index contributed by atoms with van der Waals surface area (Å²) in [6.45, 7) is 5.66. The summed E-state index contributed by atoms with van der Waals surface area (Å²) in [5.74, 6) is 1.92. The first-order valence-electron chi connectivity index (χ1n) is 6.67. The minimum absolute atomic E-state index is 0.568. The second-order valence-electron chi connectivity index (χ2n) is 5.08. The number of nitrogens with one attached hydrogen (secondary N) is 1. The van der Waals surface area contributed by atoms with Crippen LogP contribution in [-0.2, 0) is 0 Å². The topological polar surface area (TPSA) is 50.9 Å². The van der Waals surface area contributed by atoms with Crippen molar-refractivity contribution >= 4 is 5.82 Å². The molecule has 0 aromatic carbocycles. The summed E-state index contributed by atoms with van der Waals surface area (Å²) < 4.78 is 0. The molecule has 3 N–H and O–H groups in total. The highest BCUT2D eigenvalue weighted by molar-refractivity contribution is 5.42. The summed E-state index contributed by atoms with van der Waals surface area (Å²) in [6, 6.07) is 4.76. The van der Waals surface area contributed by atoms with Gasteiger partial charge in [0.1, 0.15) is 5.82 Å². The zero-order chi connectivity index (χ0) is 12.3. The van der Waals surface area contributed by atoms with Crippen molar-refractivity contribution < 1.29 is 0 Å². The quantitative estimate of drug-likeness (QED) is 0.840. The normalized spacial score (nSPS) is 28.5. The maximum Gasteiger partial charge on any atom is 0.126 e. The molecule has 3 atom stereocenters. The maximum atomic E-state index is 5.98. The molecule has 17 heavy (non-hydrogen) atoms. The largest absolute Gasteiger partial charge is 0.383 e. The van der Waals surface area contributed by atoms with Gasteiger partial charge in [-0.15, -0.1) is 0 Å². The molecule has 0 radical (unpaired) electrons. The molecule has 0 saturated heterocycles. The van der Waals surface area contributed by atoms with Gasteiger partial charge in [-0.25, -0.2) is 4.98 Å². The van der Waals surface area contributed by atoms with Crippen molar-refractivity contribution in [3.63, 3.8) is 0 Å². The van der Waals surface area contributed by atoms with E-state index >= 15 is 0 Å². The Balaban J connectivity index is 2.07. The van der Waals surface area contributed by atoms with Gasteiger partial charge in [-0.2, -0.15) is 0 Å². The van der Waals surface area contributed by atoms with E-state index in [9.17, 15) is 0 Å². The lowest BCUT2D eigenvalue weighted by Gasteiger charge is -2.22. The van der Waals surface area contributed by atoms with Gasteiger partial charge in [0, 0.05) is 12.2 Å². The van der Waals surface area contributed by atoms with E-state index in [4.69, 9.17) is 5.73 Å². The number of hydrogen-bond donors (Lipinski definition) is 2. The van der Waals surface area contributed by atoms with E-state index in [1.807, 2.05) is 6.07 Å². The van der Waals surface area contributed by atoms with Crippen molar-refractivity contribution in [3.8, 4) is 0 Å². The van der Waals surface area contributed by atoms with Gasteiger partial charge in [-0.05, 0) is 49.3 Å². The Morgan fingerprint density at radius 3 is 3.00 bits per heavy atom. The third kappa shape index (κ3) is 2.60. The number of hydrogen-bond acceptors (Lipinski definition) is 3. The molecule has 0 aliphatic heterocycles. The van der Waals surface area contributed by atoms with Crippen molar-refractivity contribution in [2.75, 3.05) is 12.3 Å². The Morgan fingerprint density at radius 2 is 2.29 bits per heavy atom. The van der Waals surface area contributed by atoms with Crippen LogP contribution in [0.15, 0.2) is 18.3 Å². The molecular weight excluding hydrogens is 210 g/mol. The van der Waals surface area contributed by atoms with E-state index < -0.39 is 0 Å². The molecule has 2 rings (SSSR count). The second kappa shape index (κ2) is 5.50. The van der Waals surface area contributed by atoms with Gasteiger partial charge in [0.05, 0.1) is 0 Å². The molecule has 1 aromatic rings. The number of rotatable bonds is 4. The van der Waals surface area contributed by atoms with Crippen molar-refractivity contribution in [1.82, 2.24) is 10.3 Å². The van der Waals surface area contributed by atoms with Gasteiger partial charge in [0.15, 0.2) is 0 Å². The minimum Gasteiger partial charge on any atom is -0.383 e. The first kappa shape index (κ1) is 12.4. The summed E-state index contributed by atoms with van der Waals surface area (Å²) in [7, 11) is 0. The van der Waals surface area contributed by atoms with Crippen LogP contribution in [-0.4, -0.2) is 17.6 Å². The summed E-state index contributed by atoms with van der Waals surface area (Å²) >= 11 is 0. The minimum atomic E-state index is 0.568. The highest BCUT2D eigenvalue weighted by Crippen LogP contribution is 2.40. The standard InChI is InChI=1S/C14H23N3/c1-3-8-16-13-7-6-11(10(13)2)12-5-4-9-17-14(12)15/h4-5,9-11,13,16H,3,6-8H2,1-2H3,(H2,15,17). The summed E-state index contributed by atoms with van der Waals surface area (Å²) in [5, 5.41) is 3.64. The van der Waals surface area contributed by atoms with Gasteiger partial charge >= 0.3 is 0 Å². The first-order chi connectivity index (χ1) is 8.24. The van der Waals surface area contributed by atoms with Gasteiger partial charge in [-0.1, -0.05) is 19.9 Å². The van der Waals surface area contributed by atoms with E-state index in [0.29, 0.717) is 23.7 Å². The van der Waals surface area contributed by atoms with Crippen LogP contribution in [0.5, 0.6) is 0 Å². The number of aromatic nitrogens is 1. The van der Waals surface area contributed by atoms with Gasteiger partial charge in [-0.3, -0.25) is 0 Å². The Kier molecular flexibility index (Phi) is 4.00. The van der Waals surface area contributed by atoms with Crippen molar-refractivity contribution in [2.24, 2.45) is 5.92 Å². The highest BCUT2D eigenvalue weighted by atomic mass is 14.9. The number of nitrogens with two attached hydrogens (primary N) is 1. The predicted molar refractivity (Wildman–Crippen MR) is 71.9 cm³/mol. The molecule has 0 spiro atoms. The Bertz CT molecular complexity index is 364. The number of nitrogen functional groups attached to an aromatic ring is 1. The van der Waals surface area contributed by atoms with Crippen molar-refractivity contribution in [2.45, 2.75) is 45.1 Å². The van der Waals surface area contributed by atoms with Crippen LogP contribution in [0.1, 0.15) is 44.6 Å².